The molecule has 0 fully saturated rings. The Bertz CT molecular complexity index is 1920. The summed E-state index contributed by atoms with van der Waals surface area (Å²) < 4.78 is 10.7. The Morgan fingerprint density at radius 3 is 1.86 bits per heavy atom. The number of ether oxygens (including phenoxy) is 2. The third-order valence-electron chi connectivity index (χ3n) is 9.64. The predicted molar refractivity (Wildman–Crippen MR) is 221 cm³/mol. The van der Waals surface area contributed by atoms with Crippen molar-refractivity contribution in [1.82, 2.24) is 26.6 Å². The number of nitrogens with one attached hydrogen (secondary N) is 5. The molecule has 0 spiro atoms. The normalized spacial score (nSPS) is 13.9. The lowest BCUT2D eigenvalue weighted by Gasteiger charge is -2.35. The Hall–Kier alpha value is -5.92. The molecule has 0 radical (unpaired) electrons. The van der Waals surface area contributed by atoms with E-state index in [0.717, 1.165) is 16.7 Å². The Morgan fingerprint density at radius 2 is 1.28 bits per heavy atom. The smallest absolute Gasteiger partial charge is 0.408 e. The van der Waals surface area contributed by atoms with Gasteiger partial charge in [-0.05, 0) is 52.6 Å². The van der Waals surface area contributed by atoms with Crippen LogP contribution in [0.25, 0.3) is 0 Å². The second-order valence-electron chi connectivity index (χ2n) is 15.6. The van der Waals surface area contributed by atoms with E-state index in [9.17, 15) is 29.4 Å². The first-order valence-electron chi connectivity index (χ1n) is 19.4. The summed E-state index contributed by atoms with van der Waals surface area (Å²) in [6.07, 6.45) is -2.23. The first kappa shape index (κ1) is 44.8. The van der Waals surface area contributed by atoms with Crippen molar-refractivity contribution in [2.75, 3.05) is 7.11 Å². The van der Waals surface area contributed by atoms with Crippen LogP contribution in [0.5, 0.6) is 11.5 Å². The molecule has 0 aliphatic rings. The van der Waals surface area contributed by atoms with Crippen LogP contribution in [0.3, 0.4) is 0 Å². The minimum absolute atomic E-state index is 0.00127. The third-order valence-corrected chi connectivity index (χ3v) is 9.64. The summed E-state index contributed by atoms with van der Waals surface area (Å²) in [6.45, 7) is 9.10. The Kier molecular flexibility index (Phi) is 16.7. The number of phenols is 1. The number of phenolic OH excluding ortho intramolecular Hbond substituents is 1. The lowest BCUT2D eigenvalue weighted by atomic mass is 9.85. The molecule has 0 saturated carbocycles. The zero-order chi connectivity index (χ0) is 42.2. The van der Waals surface area contributed by atoms with Crippen molar-refractivity contribution in [3.05, 3.63) is 131 Å². The highest BCUT2D eigenvalue weighted by molar-refractivity contribution is 5.91. The highest BCUT2D eigenvalue weighted by atomic mass is 16.5. The topological polar surface area (TPSA) is 187 Å². The molecule has 0 aliphatic carbocycles. The van der Waals surface area contributed by atoms with Crippen molar-refractivity contribution in [3.8, 4) is 11.5 Å². The van der Waals surface area contributed by atoms with E-state index >= 15 is 0 Å². The second-order valence-corrected chi connectivity index (χ2v) is 15.6. The van der Waals surface area contributed by atoms with E-state index in [1.807, 2.05) is 72.8 Å². The summed E-state index contributed by atoms with van der Waals surface area (Å²) in [7, 11) is 1.56. The monoisotopic (exact) mass is 795 g/mol. The van der Waals surface area contributed by atoms with Gasteiger partial charge in [-0.15, -0.1) is 0 Å². The van der Waals surface area contributed by atoms with Gasteiger partial charge in [0.25, 0.3) is 0 Å². The van der Waals surface area contributed by atoms with Crippen molar-refractivity contribution in [2.45, 2.75) is 91.0 Å². The molecule has 4 aromatic rings. The van der Waals surface area contributed by atoms with Gasteiger partial charge < -0.3 is 41.0 Å². The number of benzene rings is 4. The van der Waals surface area contributed by atoms with Crippen LogP contribution in [0.2, 0.25) is 0 Å². The predicted octanol–water partition coefficient (Wildman–Crippen LogP) is 4.75. The molecule has 58 heavy (non-hydrogen) atoms. The van der Waals surface area contributed by atoms with Crippen LogP contribution in [-0.2, 0) is 45.2 Å². The zero-order valence-corrected chi connectivity index (χ0v) is 34.0. The Balaban J connectivity index is 1.61. The van der Waals surface area contributed by atoms with Crippen molar-refractivity contribution < 1.29 is 38.9 Å². The molecule has 7 N–H and O–H groups in total. The van der Waals surface area contributed by atoms with E-state index in [0.29, 0.717) is 11.3 Å². The summed E-state index contributed by atoms with van der Waals surface area (Å²) in [5, 5.41) is 36.9. The van der Waals surface area contributed by atoms with E-state index in [1.165, 1.54) is 6.07 Å². The molecule has 5 atom stereocenters. The third kappa shape index (κ3) is 13.6. The van der Waals surface area contributed by atoms with Crippen LogP contribution in [0.4, 0.5) is 4.79 Å². The molecule has 13 heteroatoms. The van der Waals surface area contributed by atoms with Crippen LogP contribution < -0.4 is 31.3 Å². The second kappa shape index (κ2) is 21.6. The molecule has 4 aromatic carbocycles. The maximum Gasteiger partial charge on any atom is 0.408 e. The number of aromatic hydroxyl groups is 1. The molecule has 0 aromatic heterocycles. The highest BCUT2D eigenvalue weighted by Gasteiger charge is 2.39. The van der Waals surface area contributed by atoms with Crippen LogP contribution in [0, 0.1) is 11.3 Å². The quantitative estimate of drug-likeness (QED) is 0.0704. The minimum Gasteiger partial charge on any atom is -0.508 e. The number of alkyl carbamates (subject to hydrolysis) is 1. The maximum atomic E-state index is 14.4. The van der Waals surface area contributed by atoms with E-state index in [1.54, 1.807) is 72.1 Å². The lowest BCUT2D eigenvalue weighted by molar-refractivity contribution is -0.134. The maximum absolute atomic E-state index is 14.4. The molecule has 4 rings (SSSR count). The highest BCUT2D eigenvalue weighted by Crippen LogP contribution is 2.22. The van der Waals surface area contributed by atoms with E-state index in [4.69, 9.17) is 9.47 Å². The number of carbonyl (C=O) groups excluding carboxylic acids is 4. The number of hydrogen-bond donors (Lipinski definition) is 7. The van der Waals surface area contributed by atoms with Crippen LogP contribution in [0.1, 0.15) is 56.9 Å². The average Bonchev–Trinajstić information content (AvgIpc) is 3.20. The van der Waals surface area contributed by atoms with Crippen molar-refractivity contribution in [2.24, 2.45) is 11.3 Å². The van der Waals surface area contributed by atoms with E-state index < -0.39 is 59.5 Å². The molecule has 0 aliphatic heterocycles. The standard InChI is InChI=1S/C45H57N5O8/c1-29(2)37(41(53)47-27-33-19-13-14-20-36(33)51)49-42(54)38(46-26-31-21-23-34(57-6)24-22-31)39(52)35(25-30-15-9-7-10-16-30)48-43(55)40(45(3,4)5)50-44(56)58-28-32-17-11-8-12-18-32/h7-24,29,35,37-40,46,51-52H,25-28H2,1-6H3,(H,47,53)(H,48,55)(H,49,54)(H,50,56)/t35-,37-,38+,39+,40+/m0/s1. The number of methoxy groups -OCH3 is 1. The minimum atomic E-state index is -1.55. The van der Waals surface area contributed by atoms with Gasteiger partial charge in [0, 0.05) is 18.7 Å². The van der Waals surface area contributed by atoms with Gasteiger partial charge in [0.1, 0.15) is 36.2 Å². The summed E-state index contributed by atoms with van der Waals surface area (Å²) in [5.41, 5.74) is 2.04. The van der Waals surface area contributed by atoms with Gasteiger partial charge >= 0.3 is 6.09 Å². The molecular formula is C45H57N5O8. The van der Waals surface area contributed by atoms with Crippen molar-refractivity contribution in [1.29, 1.82) is 0 Å². The molecule has 4 amide bonds. The number of carbonyl (C=O) groups is 4. The summed E-state index contributed by atoms with van der Waals surface area (Å²) >= 11 is 0. The van der Waals surface area contributed by atoms with Crippen LogP contribution >= 0.6 is 0 Å². The number of para-hydroxylation sites is 1. The lowest BCUT2D eigenvalue weighted by Crippen LogP contribution is -2.63. The van der Waals surface area contributed by atoms with Crippen molar-refractivity contribution in [3.63, 3.8) is 0 Å². The Labute approximate surface area is 340 Å². The van der Waals surface area contributed by atoms with Crippen LogP contribution in [0.15, 0.2) is 109 Å². The molecule has 310 valence electrons. The number of amides is 4. The fourth-order valence-electron chi connectivity index (χ4n) is 6.25. The summed E-state index contributed by atoms with van der Waals surface area (Å²) in [5.74, 6) is -1.46. The van der Waals surface area contributed by atoms with Crippen molar-refractivity contribution >= 4 is 23.8 Å². The fourth-order valence-corrected chi connectivity index (χ4v) is 6.25. The fraction of sp³-hybridized carbons (Fsp3) is 0.378. The molecule has 0 unspecified atom stereocenters. The number of aliphatic hydroxyl groups is 1. The molecule has 0 heterocycles. The van der Waals surface area contributed by atoms with Crippen LogP contribution in [-0.4, -0.2) is 71.4 Å². The molecule has 13 nitrogen and oxygen atoms in total. The SMILES string of the molecule is COc1ccc(CN[C@@H](C(=O)N[C@H](C(=O)NCc2ccccc2O)C(C)C)[C@H](O)[C@H](Cc2ccccc2)NC(=O)[C@@H](NC(=O)OCc2ccccc2)C(C)(C)C)cc1. The van der Waals surface area contributed by atoms with Gasteiger partial charge in [0.2, 0.25) is 17.7 Å². The first-order chi connectivity index (χ1) is 27.7. The summed E-state index contributed by atoms with van der Waals surface area (Å²) in [6, 6.07) is 27.6. The van der Waals surface area contributed by atoms with Gasteiger partial charge in [0.15, 0.2) is 0 Å². The molecule has 0 bridgehead atoms. The largest absolute Gasteiger partial charge is 0.508 e. The first-order valence-corrected chi connectivity index (χ1v) is 19.4. The number of aliphatic hydroxyl groups excluding tert-OH is 1. The zero-order valence-electron chi connectivity index (χ0n) is 34.0. The van der Waals surface area contributed by atoms with Gasteiger partial charge in [-0.1, -0.05) is 126 Å². The number of hydrogen-bond acceptors (Lipinski definition) is 9. The van der Waals surface area contributed by atoms with Gasteiger partial charge in [-0.3, -0.25) is 19.7 Å². The van der Waals surface area contributed by atoms with Gasteiger partial charge in [-0.25, -0.2) is 4.79 Å². The van der Waals surface area contributed by atoms with E-state index in [-0.39, 0.29) is 37.8 Å². The summed E-state index contributed by atoms with van der Waals surface area (Å²) in [4.78, 5) is 55.1. The van der Waals surface area contributed by atoms with E-state index in [2.05, 4.69) is 26.6 Å². The Morgan fingerprint density at radius 1 is 0.672 bits per heavy atom. The molecule has 0 saturated heterocycles. The van der Waals surface area contributed by atoms with Gasteiger partial charge in [-0.2, -0.15) is 0 Å². The molecular weight excluding hydrogens is 739 g/mol. The van der Waals surface area contributed by atoms with Gasteiger partial charge in [0.05, 0.1) is 19.3 Å². The average molecular weight is 796 g/mol. The number of rotatable bonds is 19.